The van der Waals surface area contributed by atoms with Gasteiger partial charge in [-0.05, 0) is 25.5 Å². The Morgan fingerprint density at radius 1 is 1.53 bits per heavy atom. The summed E-state index contributed by atoms with van der Waals surface area (Å²) < 4.78 is 4.79. The number of rotatable bonds is 3. The van der Waals surface area contributed by atoms with Crippen molar-refractivity contribution in [1.82, 2.24) is 4.98 Å². The molecule has 0 bridgehead atoms. The number of anilines is 1. The smallest absolute Gasteiger partial charge is 0.250 e. The van der Waals surface area contributed by atoms with Crippen LogP contribution in [0.2, 0.25) is 0 Å². The van der Waals surface area contributed by atoms with Crippen molar-refractivity contribution >= 4 is 33.1 Å². The number of hydrogen-bond donors (Lipinski definition) is 1. The lowest BCUT2D eigenvalue weighted by atomic mass is 10.1. The van der Waals surface area contributed by atoms with Crippen molar-refractivity contribution in [1.29, 1.82) is 0 Å². The second-order valence-corrected chi connectivity index (χ2v) is 4.75. The number of fused-ring (bicyclic) bond motifs is 1. The highest BCUT2D eigenvalue weighted by Gasteiger charge is 2.11. The summed E-state index contributed by atoms with van der Waals surface area (Å²) in [7, 11) is 1.50. The molecule has 2 rings (SSSR count). The second kappa shape index (κ2) is 4.81. The molecular weight excluding hydrogens is 236 g/mol. The zero-order valence-corrected chi connectivity index (χ0v) is 10.9. The molecule has 0 fully saturated rings. The molecule has 0 saturated heterocycles. The van der Waals surface area contributed by atoms with Crippen LogP contribution >= 0.6 is 11.3 Å². The molecule has 2 aromatic heterocycles. The highest BCUT2D eigenvalue weighted by atomic mass is 32.1. The fourth-order valence-corrected chi connectivity index (χ4v) is 2.79. The number of carbonyl (C=O) groups is 1. The van der Waals surface area contributed by atoms with E-state index in [1.165, 1.54) is 18.4 Å². The number of hydrogen-bond acceptors (Lipinski definition) is 4. The third-order valence-electron chi connectivity index (χ3n) is 2.42. The van der Waals surface area contributed by atoms with E-state index in [9.17, 15) is 4.79 Å². The van der Waals surface area contributed by atoms with Crippen LogP contribution in [0.25, 0.3) is 10.2 Å². The first-order valence-electron chi connectivity index (χ1n) is 5.26. The number of nitrogens with zero attached hydrogens (tertiary/aromatic N) is 1. The molecule has 1 N–H and O–H groups in total. The Hall–Kier alpha value is -1.46. The largest absolute Gasteiger partial charge is 0.375 e. The topological polar surface area (TPSA) is 51.2 Å². The molecule has 90 valence electrons. The van der Waals surface area contributed by atoms with E-state index in [2.05, 4.69) is 10.3 Å². The number of ether oxygens (including phenoxy) is 1. The summed E-state index contributed by atoms with van der Waals surface area (Å²) >= 11 is 1.54. The first kappa shape index (κ1) is 12.0. The van der Waals surface area contributed by atoms with E-state index in [0.717, 1.165) is 27.2 Å². The number of pyridine rings is 1. The van der Waals surface area contributed by atoms with Gasteiger partial charge < -0.3 is 10.1 Å². The van der Waals surface area contributed by atoms with Crippen molar-refractivity contribution in [2.45, 2.75) is 13.8 Å². The van der Waals surface area contributed by atoms with E-state index < -0.39 is 0 Å². The lowest BCUT2D eigenvalue weighted by Crippen LogP contribution is -2.16. The predicted octanol–water partition coefficient (Wildman–Crippen LogP) is 2.50. The zero-order chi connectivity index (χ0) is 12.4. The van der Waals surface area contributed by atoms with Gasteiger partial charge >= 0.3 is 0 Å². The van der Waals surface area contributed by atoms with E-state index in [-0.39, 0.29) is 12.5 Å². The van der Waals surface area contributed by atoms with Crippen molar-refractivity contribution in [3.63, 3.8) is 0 Å². The van der Waals surface area contributed by atoms with Gasteiger partial charge in [0.1, 0.15) is 11.4 Å². The maximum absolute atomic E-state index is 11.5. The van der Waals surface area contributed by atoms with E-state index in [1.807, 2.05) is 25.3 Å². The van der Waals surface area contributed by atoms with Crippen LogP contribution in [-0.4, -0.2) is 24.6 Å². The molecule has 0 aliphatic carbocycles. The minimum atomic E-state index is -0.146. The SMILES string of the molecule is COCC(=O)Nc1csc2nc(C)cc(C)c12. The Balaban J connectivity index is 2.39. The molecule has 0 aliphatic rings. The fraction of sp³-hybridized carbons (Fsp3) is 0.333. The first-order chi connectivity index (χ1) is 8.11. The lowest BCUT2D eigenvalue weighted by molar-refractivity contribution is -0.119. The van der Waals surface area contributed by atoms with Gasteiger partial charge in [-0.25, -0.2) is 4.98 Å². The molecule has 1 amide bonds. The number of carbonyl (C=O) groups excluding carboxylic acids is 1. The van der Waals surface area contributed by atoms with Crippen molar-refractivity contribution < 1.29 is 9.53 Å². The van der Waals surface area contributed by atoms with Crippen LogP contribution in [-0.2, 0) is 9.53 Å². The quantitative estimate of drug-likeness (QED) is 0.910. The number of nitrogens with one attached hydrogen (secondary N) is 1. The maximum Gasteiger partial charge on any atom is 0.250 e. The normalized spacial score (nSPS) is 10.8. The summed E-state index contributed by atoms with van der Waals surface area (Å²) in [5.41, 5.74) is 2.94. The predicted molar refractivity (Wildman–Crippen MR) is 69.6 cm³/mol. The minimum Gasteiger partial charge on any atom is -0.375 e. The molecule has 5 heteroatoms. The average Bonchev–Trinajstić information content (AvgIpc) is 2.61. The van der Waals surface area contributed by atoms with Crippen LogP contribution in [0.15, 0.2) is 11.4 Å². The number of aromatic nitrogens is 1. The molecule has 2 heterocycles. The highest BCUT2D eigenvalue weighted by molar-refractivity contribution is 7.17. The van der Waals surface area contributed by atoms with Gasteiger partial charge in [0.15, 0.2) is 0 Å². The number of methoxy groups -OCH3 is 1. The standard InChI is InChI=1S/C12H14N2O2S/c1-7-4-8(2)13-12-11(7)9(6-17-12)14-10(15)5-16-3/h4,6H,5H2,1-3H3,(H,14,15). The molecule has 0 atom stereocenters. The second-order valence-electron chi connectivity index (χ2n) is 3.89. The van der Waals surface area contributed by atoms with Crippen LogP contribution < -0.4 is 5.32 Å². The number of amides is 1. The van der Waals surface area contributed by atoms with Crippen molar-refractivity contribution in [3.8, 4) is 0 Å². The lowest BCUT2D eigenvalue weighted by Gasteiger charge is -2.05. The summed E-state index contributed by atoms with van der Waals surface area (Å²) in [6, 6.07) is 2.01. The summed E-state index contributed by atoms with van der Waals surface area (Å²) in [5.74, 6) is -0.146. The van der Waals surface area contributed by atoms with Gasteiger partial charge in [0, 0.05) is 23.6 Å². The van der Waals surface area contributed by atoms with Gasteiger partial charge in [0.05, 0.1) is 5.69 Å². The number of aryl methyl sites for hydroxylation is 2. The number of thiophene rings is 1. The van der Waals surface area contributed by atoms with E-state index in [0.29, 0.717) is 0 Å². The third kappa shape index (κ3) is 2.45. The van der Waals surface area contributed by atoms with Crippen molar-refractivity contribution in [2.24, 2.45) is 0 Å². The van der Waals surface area contributed by atoms with Gasteiger partial charge in [-0.2, -0.15) is 0 Å². The summed E-state index contributed by atoms with van der Waals surface area (Å²) in [5, 5.41) is 5.77. The van der Waals surface area contributed by atoms with E-state index in [4.69, 9.17) is 4.74 Å². The Kier molecular flexibility index (Phi) is 3.40. The minimum absolute atomic E-state index is 0.0652. The molecule has 2 aromatic rings. The van der Waals surface area contributed by atoms with Gasteiger partial charge in [0.2, 0.25) is 5.91 Å². The van der Waals surface area contributed by atoms with Gasteiger partial charge in [-0.15, -0.1) is 11.3 Å². The molecule has 0 saturated carbocycles. The zero-order valence-electron chi connectivity index (χ0n) is 10.0. The molecule has 0 aromatic carbocycles. The Morgan fingerprint density at radius 2 is 2.29 bits per heavy atom. The Bertz CT molecular complexity index is 563. The summed E-state index contributed by atoms with van der Waals surface area (Å²) in [6.45, 7) is 4.06. The monoisotopic (exact) mass is 250 g/mol. The Labute approximate surface area is 104 Å². The molecule has 0 unspecified atom stereocenters. The van der Waals surface area contributed by atoms with Crippen LogP contribution in [0.3, 0.4) is 0 Å². The fourth-order valence-electron chi connectivity index (χ4n) is 1.80. The van der Waals surface area contributed by atoms with Gasteiger partial charge in [0.25, 0.3) is 0 Å². The summed E-state index contributed by atoms with van der Waals surface area (Å²) in [4.78, 5) is 16.9. The van der Waals surface area contributed by atoms with Crippen LogP contribution in [0.5, 0.6) is 0 Å². The van der Waals surface area contributed by atoms with Gasteiger partial charge in [-0.1, -0.05) is 0 Å². The van der Waals surface area contributed by atoms with Crippen LogP contribution in [0.4, 0.5) is 5.69 Å². The molecule has 0 aliphatic heterocycles. The average molecular weight is 250 g/mol. The van der Waals surface area contributed by atoms with Crippen molar-refractivity contribution in [3.05, 3.63) is 22.7 Å². The van der Waals surface area contributed by atoms with E-state index in [1.54, 1.807) is 0 Å². The van der Waals surface area contributed by atoms with Crippen LogP contribution in [0, 0.1) is 13.8 Å². The maximum atomic E-state index is 11.5. The molecular formula is C12H14N2O2S. The third-order valence-corrected chi connectivity index (χ3v) is 3.29. The molecule has 4 nitrogen and oxygen atoms in total. The van der Waals surface area contributed by atoms with Gasteiger partial charge in [-0.3, -0.25) is 4.79 Å². The molecule has 17 heavy (non-hydrogen) atoms. The first-order valence-corrected chi connectivity index (χ1v) is 6.14. The van der Waals surface area contributed by atoms with E-state index >= 15 is 0 Å². The Morgan fingerprint density at radius 3 is 3.00 bits per heavy atom. The molecule has 0 spiro atoms. The summed E-state index contributed by atoms with van der Waals surface area (Å²) in [6.07, 6.45) is 0. The van der Waals surface area contributed by atoms with Crippen LogP contribution in [0.1, 0.15) is 11.3 Å². The highest BCUT2D eigenvalue weighted by Crippen LogP contribution is 2.31. The van der Waals surface area contributed by atoms with Crippen molar-refractivity contribution in [2.75, 3.05) is 19.0 Å². The molecule has 0 radical (unpaired) electrons.